The number of amides is 1. The van der Waals surface area contributed by atoms with Crippen molar-refractivity contribution in [3.05, 3.63) is 59.1 Å². The van der Waals surface area contributed by atoms with E-state index in [-0.39, 0.29) is 23.6 Å². The molecule has 0 saturated carbocycles. The van der Waals surface area contributed by atoms with Crippen LogP contribution in [-0.4, -0.2) is 38.2 Å². The van der Waals surface area contributed by atoms with Gasteiger partial charge in [0.1, 0.15) is 0 Å². The van der Waals surface area contributed by atoms with Gasteiger partial charge in [-0.1, -0.05) is 12.1 Å². The molecular weight excluding hydrogens is 412 g/mol. The number of aryl methyl sites for hydroxylation is 3. The van der Waals surface area contributed by atoms with Crippen molar-refractivity contribution in [1.82, 2.24) is 4.98 Å². The number of hydrogen-bond donors (Lipinski definition) is 1. The smallest absolute Gasteiger partial charge is 0.340 e. The minimum Gasteiger partial charge on any atom is -0.493 e. The Morgan fingerprint density at radius 2 is 1.72 bits per heavy atom. The number of hydrogen-bond acceptors (Lipinski definition) is 7. The Morgan fingerprint density at radius 1 is 1.00 bits per heavy atom. The van der Waals surface area contributed by atoms with E-state index in [4.69, 9.17) is 18.6 Å². The molecule has 0 aliphatic rings. The van der Waals surface area contributed by atoms with E-state index in [1.54, 1.807) is 6.20 Å². The van der Waals surface area contributed by atoms with E-state index in [9.17, 15) is 9.59 Å². The van der Waals surface area contributed by atoms with Gasteiger partial charge in [-0.25, -0.2) is 9.78 Å². The van der Waals surface area contributed by atoms with Gasteiger partial charge >= 0.3 is 5.97 Å². The van der Waals surface area contributed by atoms with Crippen LogP contribution in [0.15, 0.2) is 40.9 Å². The maximum absolute atomic E-state index is 12.6. The third-order valence-corrected chi connectivity index (χ3v) is 5.11. The number of carbonyl (C=O) groups is 2. The quantitative estimate of drug-likeness (QED) is 0.522. The van der Waals surface area contributed by atoms with Gasteiger partial charge in [0.25, 0.3) is 0 Å². The number of nitrogens with zero attached hydrogens (tertiary/aromatic N) is 1. The highest BCUT2D eigenvalue weighted by atomic mass is 16.5. The first-order valence-electron chi connectivity index (χ1n) is 10.0. The standard InChI is InChI=1S/C24H26N2O6/c1-14-6-7-16(10-15(14)2)21-13-25-23(32-21)9-8-22(27)26-18-12-20(30-4)19(29-3)11-17(18)24(28)31-5/h6-7,10-13H,8-9H2,1-5H3,(H,26,27). The molecule has 0 atom stereocenters. The van der Waals surface area contributed by atoms with Crippen molar-refractivity contribution in [2.45, 2.75) is 26.7 Å². The molecular formula is C24H26N2O6. The molecule has 8 nitrogen and oxygen atoms in total. The SMILES string of the molecule is COC(=O)c1cc(OC)c(OC)cc1NC(=O)CCc1ncc(-c2ccc(C)c(C)c2)o1. The maximum Gasteiger partial charge on any atom is 0.340 e. The van der Waals surface area contributed by atoms with E-state index in [0.29, 0.717) is 29.6 Å². The molecule has 1 heterocycles. The average molecular weight is 438 g/mol. The minimum absolute atomic E-state index is 0.113. The Morgan fingerprint density at radius 3 is 2.38 bits per heavy atom. The van der Waals surface area contributed by atoms with E-state index < -0.39 is 5.97 Å². The largest absolute Gasteiger partial charge is 0.493 e. The molecule has 2 aromatic carbocycles. The molecule has 0 spiro atoms. The number of benzene rings is 2. The third-order valence-electron chi connectivity index (χ3n) is 5.11. The fraction of sp³-hybridized carbons (Fsp3) is 0.292. The second-order valence-electron chi connectivity index (χ2n) is 7.21. The molecule has 1 aromatic heterocycles. The van der Waals surface area contributed by atoms with Gasteiger partial charge in [0.15, 0.2) is 23.1 Å². The number of esters is 1. The number of aromatic nitrogens is 1. The van der Waals surface area contributed by atoms with Gasteiger partial charge in [0.05, 0.1) is 38.8 Å². The molecule has 1 amide bonds. The van der Waals surface area contributed by atoms with Crippen molar-refractivity contribution in [1.29, 1.82) is 0 Å². The molecule has 0 fully saturated rings. The van der Waals surface area contributed by atoms with Crippen LogP contribution in [0.1, 0.15) is 33.8 Å². The Labute approximate surface area is 186 Å². The van der Waals surface area contributed by atoms with Gasteiger partial charge in [-0.05, 0) is 31.0 Å². The number of nitrogens with one attached hydrogen (secondary N) is 1. The van der Waals surface area contributed by atoms with Crippen LogP contribution in [0.2, 0.25) is 0 Å². The molecule has 3 aromatic rings. The highest BCUT2D eigenvalue weighted by molar-refractivity contribution is 6.02. The summed E-state index contributed by atoms with van der Waals surface area (Å²) in [7, 11) is 4.19. The lowest BCUT2D eigenvalue weighted by Crippen LogP contribution is -2.16. The van der Waals surface area contributed by atoms with Crippen LogP contribution < -0.4 is 14.8 Å². The van der Waals surface area contributed by atoms with Crippen LogP contribution in [0.4, 0.5) is 5.69 Å². The zero-order valence-electron chi connectivity index (χ0n) is 18.8. The minimum atomic E-state index is -0.605. The van der Waals surface area contributed by atoms with Crippen LogP contribution in [0, 0.1) is 13.8 Å². The van der Waals surface area contributed by atoms with Gasteiger partial charge in [0.2, 0.25) is 5.91 Å². The van der Waals surface area contributed by atoms with Crippen molar-refractivity contribution in [3.8, 4) is 22.8 Å². The van der Waals surface area contributed by atoms with Crippen LogP contribution in [0.3, 0.4) is 0 Å². The number of carbonyl (C=O) groups excluding carboxylic acids is 2. The van der Waals surface area contributed by atoms with Gasteiger partial charge in [0, 0.05) is 30.5 Å². The lowest BCUT2D eigenvalue weighted by atomic mass is 10.1. The zero-order chi connectivity index (χ0) is 23.3. The van der Waals surface area contributed by atoms with E-state index in [0.717, 1.165) is 11.1 Å². The number of anilines is 1. The van der Waals surface area contributed by atoms with Crippen LogP contribution in [0.25, 0.3) is 11.3 Å². The first-order chi connectivity index (χ1) is 15.4. The maximum atomic E-state index is 12.6. The molecule has 0 unspecified atom stereocenters. The van der Waals surface area contributed by atoms with Crippen LogP contribution in [0.5, 0.6) is 11.5 Å². The Hall–Kier alpha value is -3.81. The highest BCUT2D eigenvalue weighted by Gasteiger charge is 2.19. The normalized spacial score (nSPS) is 10.5. The number of rotatable bonds is 8. The molecule has 0 saturated heterocycles. The second kappa shape index (κ2) is 10.00. The lowest BCUT2D eigenvalue weighted by Gasteiger charge is -2.14. The molecule has 1 N–H and O–H groups in total. The molecule has 0 aliphatic carbocycles. The van der Waals surface area contributed by atoms with Gasteiger partial charge < -0.3 is 23.9 Å². The summed E-state index contributed by atoms with van der Waals surface area (Å²) in [6.07, 6.45) is 2.07. The summed E-state index contributed by atoms with van der Waals surface area (Å²) in [5.41, 5.74) is 3.72. The third kappa shape index (κ3) is 5.08. The molecule has 32 heavy (non-hydrogen) atoms. The predicted octanol–water partition coefficient (Wildman–Crippen LogP) is 4.33. The highest BCUT2D eigenvalue weighted by Crippen LogP contribution is 2.34. The van der Waals surface area contributed by atoms with Crippen molar-refractivity contribution in [3.63, 3.8) is 0 Å². The predicted molar refractivity (Wildman–Crippen MR) is 119 cm³/mol. The number of oxazole rings is 1. The summed E-state index contributed by atoms with van der Waals surface area (Å²) in [6.45, 7) is 4.09. The topological polar surface area (TPSA) is 99.9 Å². The van der Waals surface area contributed by atoms with Gasteiger partial charge in [-0.15, -0.1) is 0 Å². The van der Waals surface area contributed by atoms with Crippen molar-refractivity contribution in [2.24, 2.45) is 0 Å². The molecule has 3 rings (SSSR count). The monoisotopic (exact) mass is 438 g/mol. The van der Waals surface area contributed by atoms with E-state index in [1.807, 2.05) is 32.0 Å². The van der Waals surface area contributed by atoms with E-state index >= 15 is 0 Å². The number of methoxy groups -OCH3 is 3. The summed E-state index contributed by atoms with van der Waals surface area (Å²) < 4.78 is 21.1. The first kappa shape index (κ1) is 22.9. The summed E-state index contributed by atoms with van der Waals surface area (Å²) in [6, 6.07) is 9.03. The molecule has 0 radical (unpaired) electrons. The summed E-state index contributed by atoms with van der Waals surface area (Å²) >= 11 is 0. The molecule has 0 aliphatic heterocycles. The lowest BCUT2D eigenvalue weighted by molar-refractivity contribution is -0.116. The van der Waals surface area contributed by atoms with Crippen molar-refractivity contribution in [2.75, 3.05) is 26.6 Å². The Kier molecular flexibility index (Phi) is 7.14. The van der Waals surface area contributed by atoms with E-state index in [1.165, 1.54) is 39.0 Å². The van der Waals surface area contributed by atoms with E-state index in [2.05, 4.69) is 10.3 Å². The van der Waals surface area contributed by atoms with Gasteiger partial charge in [-0.2, -0.15) is 0 Å². The summed E-state index contributed by atoms with van der Waals surface area (Å²) in [4.78, 5) is 29.0. The first-order valence-corrected chi connectivity index (χ1v) is 10.0. The fourth-order valence-corrected chi connectivity index (χ4v) is 3.15. The average Bonchev–Trinajstić information content (AvgIpc) is 3.27. The molecule has 168 valence electrons. The van der Waals surface area contributed by atoms with Gasteiger partial charge in [-0.3, -0.25) is 4.79 Å². The summed E-state index contributed by atoms with van der Waals surface area (Å²) in [5.74, 6) is 0.913. The number of ether oxygens (including phenoxy) is 3. The summed E-state index contributed by atoms with van der Waals surface area (Å²) in [5, 5.41) is 2.73. The Balaban J connectivity index is 1.70. The van der Waals surface area contributed by atoms with Crippen molar-refractivity contribution >= 4 is 17.6 Å². The van der Waals surface area contributed by atoms with Crippen LogP contribution >= 0.6 is 0 Å². The van der Waals surface area contributed by atoms with Crippen LogP contribution in [-0.2, 0) is 16.0 Å². The molecule has 0 bridgehead atoms. The second-order valence-corrected chi connectivity index (χ2v) is 7.21. The zero-order valence-corrected chi connectivity index (χ0v) is 18.8. The van der Waals surface area contributed by atoms with Crippen molar-refractivity contribution < 1.29 is 28.2 Å². The Bertz CT molecular complexity index is 1140. The fourth-order valence-electron chi connectivity index (χ4n) is 3.15. The molecule has 8 heteroatoms.